The first-order valence-corrected chi connectivity index (χ1v) is 6.66. The first-order chi connectivity index (χ1) is 9.74. The lowest BCUT2D eigenvalue weighted by molar-refractivity contribution is 1.12. The largest absolute Gasteiger partial charge is 0.398 e. The molecule has 0 atom stereocenters. The number of anilines is 2. The van der Waals surface area contributed by atoms with Gasteiger partial charge >= 0.3 is 0 Å². The van der Waals surface area contributed by atoms with Crippen LogP contribution in [0.2, 0.25) is 0 Å². The number of benzene rings is 2. The smallest absolute Gasteiger partial charge is 0.128 e. The molecule has 3 rings (SSSR count). The van der Waals surface area contributed by atoms with Crippen LogP contribution in [0.25, 0.3) is 10.8 Å². The Kier molecular flexibility index (Phi) is 3.25. The molecule has 3 N–H and O–H groups in total. The highest BCUT2D eigenvalue weighted by Crippen LogP contribution is 2.20. The SMILES string of the molecule is Cc1cnc(NCc2cccc3ccccc23)cc1N. The molecule has 0 spiro atoms. The van der Waals surface area contributed by atoms with E-state index in [0.29, 0.717) is 0 Å². The van der Waals surface area contributed by atoms with Gasteiger partial charge in [-0.15, -0.1) is 0 Å². The van der Waals surface area contributed by atoms with Gasteiger partial charge in [0.15, 0.2) is 0 Å². The Morgan fingerprint density at radius 3 is 2.75 bits per heavy atom. The van der Waals surface area contributed by atoms with Gasteiger partial charge in [-0.2, -0.15) is 0 Å². The molecule has 0 radical (unpaired) electrons. The van der Waals surface area contributed by atoms with E-state index in [-0.39, 0.29) is 0 Å². The monoisotopic (exact) mass is 263 g/mol. The summed E-state index contributed by atoms with van der Waals surface area (Å²) < 4.78 is 0. The number of pyridine rings is 1. The van der Waals surface area contributed by atoms with E-state index in [4.69, 9.17) is 5.73 Å². The number of fused-ring (bicyclic) bond motifs is 1. The lowest BCUT2D eigenvalue weighted by Gasteiger charge is -2.10. The molecule has 3 aromatic rings. The maximum atomic E-state index is 5.90. The van der Waals surface area contributed by atoms with Gasteiger partial charge in [0.05, 0.1) is 0 Å². The quantitative estimate of drug-likeness (QED) is 0.757. The lowest BCUT2D eigenvalue weighted by Crippen LogP contribution is -2.03. The molecule has 0 aliphatic carbocycles. The number of hydrogen-bond donors (Lipinski definition) is 2. The van der Waals surface area contributed by atoms with Gasteiger partial charge in [-0.05, 0) is 28.8 Å². The summed E-state index contributed by atoms with van der Waals surface area (Å²) in [5.41, 5.74) is 8.92. The fourth-order valence-electron chi connectivity index (χ4n) is 2.27. The third kappa shape index (κ3) is 2.43. The summed E-state index contributed by atoms with van der Waals surface area (Å²) in [4.78, 5) is 4.34. The van der Waals surface area contributed by atoms with Crippen molar-refractivity contribution in [3.8, 4) is 0 Å². The minimum absolute atomic E-state index is 0.733. The van der Waals surface area contributed by atoms with Gasteiger partial charge < -0.3 is 11.1 Å². The molecule has 0 aliphatic heterocycles. The van der Waals surface area contributed by atoms with E-state index >= 15 is 0 Å². The van der Waals surface area contributed by atoms with E-state index < -0.39 is 0 Å². The van der Waals surface area contributed by atoms with Gasteiger partial charge in [0.2, 0.25) is 0 Å². The Morgan fingerprint density at radius 1 is 1.10 bits per heavy atom. The van der Waals surface area contributed by atoms with Crippen LogP contribution in [0.15, 0.2) is 54.7 Å². The van der Waals surface area contributed by atoms with Crippen LogP contribution in [-0.4, -0.2) is 4.98 Å². The van der Waals surface area contributed by atoms with Crippen LogP contribution in [0.3, 0.4) is 0 Å². The third-order valence-corrected chi connectivity index (χ3v) is 3.48. The number of nitrogens with two attached hydrogens (primary N) is 1. The van der Waals surface area contributed by atoms with Crippen molar-refractivity contribution in [3.63, 3.8) is 0 Å². The summed E-state index contributed by atoms with van der Waals surface area (Å²) >= 11 is 0. The van der Waals surface area contributed by atoms with E-state index in [1.165, 1.54) is 16.3 Å². The van der Waals surface area contributed by atoms with Crippen molar-refractivity contribution in [1.29, 1.82) is 0 Å². The topological polar surface area (TPSA) is 50.9 Å². The molecule has 0 saturated carbocycles. The predicted molar refractivity (Wildman–Crippen MR) is 84.7 cm³/mol. The van der Waals surface area contributed by atoms with Crippen LogP contribution >= 0.6 is 0 Å². The summed E-state index contributed by atoms with van der Waals surface area (Å²) in [5.74, 6) is 0.807. The molecule has 1 heterocycles. The highest BCUT2D eigenvalue weighted by Gasteiger charge is 2.02. The number of nitrogens with one attached hydrogen (secondary N) is 1. The Balaban J connectivity index is 1.85. The van der Waals surface area contributed by atoms with Gasteiger partial charge in [-0.1, -0.05) is 42.5 Å². The van der Waals surface area contributed by atoms with E-state index in [1.807, 2.05) is 13.0 Å². The van der Waals surface area contributed by atoms with Crippen molar-refractivity contribution in [1.82, 2.24) is 4.98 Å². The molecule has 0 fully saturated rings. The van der Waals surface area contributed by atoms with Crippen LogP contribution < -0.4 is 11.1 Å². The molecule has 0 bridgehead atoms. The standard InChI is InChI=1S/C17H17N3/c1-12-10-19-17(9-16(12)18)20-11-14-7-4-6-13-5-2-3-8-15(13)14/h2-10H,11H2,1H3,(H3,18,19,20). The molecule has 1 aromatic heterocycles. The molecule has 0 saturated heterocycles. The van der Waals surface area contributed by atoms with E-state index in [9.17, 15) is 0 Å². The number of rotatable bonds is 3. The lowest BCUT2D eigenvalue weighted by atomic mass is 10.0. The van der Waals surface area contributed by atoms with Crippen LogP contribution in [0, 0.1) is 6.92 Å². The number of aryl methyl sites for hydroxylation is 1. The van der Waals surface area contributed by atoms with Gasteiger partial charge in [-0.25, -0.2) is 4.98 Å². The van der Waals surface area contributed by atoms with Crippen molar-refractivity contribution in [2.75, 3.05) is 11.1 Å². The van der Waals surface area contributed by atoms with Gasteiger partial charge in [0, 0.05) is 24.5 Å². The Hall–Kier alpha value is -2.55. The molecule has 0 unspecified atom stereocenters. The van der Waals surface area contributed by atoms with Crippen molar-refractivity contribution in [2.24, 2.45) is 0 Å². The third-order valence-electron chi connectivity index (χ3n) is 3.48. The molecule has 100 valence electrons. The fourth-order valence-corrected chi connectivity index (χ4v) is 2.27. The van der Waals surface area contributed by atoms with Gasteiger partial charge in [-0.3, -0.25) is 0 Å². The van der Waals surface area contributed by atoms with Crippen molar-refractivity contribution < 1.29 is 0 Å². The summed E-state index contributed by atoms with van der Waals surface area (Å²) in [6, 6.07) is 16.6. The second kappa shape index (κ2) is 5.21. The van der Waals surface area contributed by atoms with Crippen LogP contribution in [-0.2, 0) is 6.54 Å². The van der Waals surface area contributed by atoms with Gasteiger partial charge in [0.1, 0.15) is 5.82 Å². The van der Waals surface area contributed by atoms with Crippen LogP contribution in [0.1, 0.15) is 11.1 Å². The molecule has 2 aromatic carbocycles. The number of nitrogens with zero attached hydrogens (tertiary/aromatic N) is 1. The highest BCUT2D eigenvalue weighted by atomic mass is 15.0. The zero-order valence-electron chi connectivity index (χ0n) is 11.4. The highest BCUT2D eigenvalue weighted by molar-refractivity contribution is 5.85. The summed E-state index contributed by atoms with van der Waals surface area (Å²) in [6.07, 6.45) is 1.79. The summed E-state index contributed by atoms with van der Waals surface area (Å²) in [7, 11) is 0. The van der Waals surface area contributed by atoms with Crippen molar-refractivity contribution >= 4 is 22.3 Å². The molecule has 0 amide bonds. The molecule has 20 heavy (non-hydrogen) atoms. The Labute approximate surface area is 118 Å². The first kappa shape index (κ1) is 12.5. The summed E-state index contributed by atoms with van der Waals surface area (Å²) in [6.45, 7) is 2.69. The first-order valence-electron chi connectivity index (χ1n) is 6.66. The normalized spacial score (nSPS) is 10.7. The van der Waals surface area contributed by atoms with E-state index in [2.05, 4.69) is 52.8 Å². The maximum absolute atomic E-state index is 5.90. The second-order valence-corrected chi connectivity index (χ2v) is 4.92. The second-order valence-electron chi connectivity index (χ2n) is 4.92. The van der Waals surface area contributed by atoms with E-state index in [0.717, 1.165) is 23.6 Å². The van der Waals surface area contributed by atoms with Crippen molar-refractivity contribution in [3.05, 3.63) is 65.9 Å². The number of nitrogen functional groups attached to an aromatic ring is 1. The Morgan fingerprint density at radius 2 is 1.90 bits per heavy atom. The maximum Gasteiger partial charge on any atom is 0.128 e. The molecule has 0 aliphatic rings. The molecule has 3 nitrogen and oxygen atoms in total. The zero-order chi connectivity index (χ0) is 13.9. The number of aromatic nitrogens is 1. The van der Waals surface area contributed by atoms with E-state index in [1.54, 1.807) is 6.20 Å². The fraction of sp³-hybridized carbons (Fsp3) is 0.118. The minimum atomic E-state index is 0.733. The average Bonchev–Trinajstić information content (AvgIpc) is 2.48. The van der Waals surface area contributed by atoms with Crippen LogP contribution in [0.4, 0.5) is 11.5 Å². The number of hydrogen-bond acceptors (Lipinski definition) is 3. The average molecular weight is 263 g/mol. The Bertz CT molecular complexity index is 745. The minimum Gasteiger partial charge on any atom is -0.398 e. The molecular formula is C17H17N3. The zero-order valence-corrected chi connectivity index (χ0v) is 11.4. The van der Waals surface area contributed by atoms with Crippen molar-refractivity contribution in [2.45, 2.75) is 13.5 Å². The summed E-state index contributed by atoms with van der Waals surface area (Å²) in [5, 5.41) is 5.85. The molecular weight excluding hydrogens is 246 g/mol. The van der Waals surface area contributed by atoms with Gasteiger partial charge in [0.25, 0.3) is 0 Å². The van der Waals surface area contributed by atoms with Crippen LogP contribution in [0.5, 0.6) is 0 Å². The predicted octanol–water partition coefficient (Wildman–Crippen LogP) is 3.74. The molecule has 3 heteroatoms.